The van der Waals surface area contributed by atoms with Crippen LogP contribution in [0.1, 0.15) is 55.4 Å². The molecule has 0 bridgehead atoms. The SMILES string of the molecule is CC(C)(C)OC(=O)NCC[C@@H](NC(=O)OCC1c2ccccc2-c2ccccc21)C(=O)N[C@@H](Cc1ccccc1)C(=O)NCc1ccccc1. The van der Waals surface area contributed by atoms with Gasteiger partial charge in [-0.1, -0.05) is 109 Å². The van der Waals surface area contributed by atoms with Gasteiger partial charge in [-0.25, -0.2) is 9.59 Å². The Morgan fingerprint density at radius 1 is 0.640 bits per heavy atom. The van der Waals surface area contributed by atoms with Crippen LogP contribution in [-0.2, 0) is 32.0 Å². The first-order valence-corrected chi connectivity index (χ1v) is 16.8. The molecule has 260 valence electrons. The quantitative estimate of drug-likeness (QED) is 0.140. The molecule has 4 amide bonds. The third-order valence-electron chi connectivity index (χ3n) is 8.28. The molecule has 0 aliphatic heterocycles. The molecule has 10 heteroatoms. The molecular formula is C40H44N4O6. The highest BCUT2D eigenvalue weighted by atomic mass is 16.6. The first kappa shape index (κ1) is 35.7. The zero-order valence-electron chi connectivity index (χ0n) is 28.6. The van der Waals surface area contributed by atoms with Crippen LogP contribution in [0.4, 0.5) is 9.59 Å². The van der Waals surface area contributed by atoms with Gasteiger partial charge in [0.25, 0.3) is 0 Å². The zero-order chi connectivity index (χ0) is 35.5. The van der Waals surface area contributed by atoms with Crippen LogP contribution in [0, 0.1) is 0 Å². The van der Waals surface area contributed by atoms with E-state index in [2.05, 4.69) is 21.3 Å². The van der Waals surface area contributed by atoms with Crippen molar-refractivity contribution in [2.75, 3.05) is 13.2 Å². The molecule has 0 spiro atoms. The van der Waals surface area contributed by atoms with Crippen LogP contribution in [0.2, 0.25) is 0 Å². The largest absolute Gasteiger partial charge is 0.449 e. The first-order valence-electron chi connectivity index (χ1n) is 16.8. The van der Waals surface area contributed by atoms with E-state index in [0.717, 1.165) is 33.4 Å². The molecule has 5 rings (SSSR count). The van der Waals surface area contributed by atoms with Gasteiger partial charge >= 0.3 is 12.2 Å². The van der Waals surface area contributed by atoms with E-state index in [1.807, 2.05) is 109 Å². The van der Waals surface area contributed by atoms with Crippen LogP contribution >= 0.6 is 0 Å². The monoisotopic (exact) mass is 676 g/mol. The number of fused-ring (bicyclic) bond motifs is 3. The summed E-state index contributed by atoms with van der Waals surface area (Å²) < 4.78 is 11.1. The summed E-state index contributed by atoms with van der Waals surface area (Å²) in [5.41, 5.74) is 5.35. The van der Waals surface area contributed by atoms with Crippen molar-refractivity contribution >= 4 is 24.0 Å². The molecule has 10 nitrogen and oxygen atoms in total. The summed E-state index contributed by atoms with van der Waals surface area (Å²) >= 11 is 0. The van der Waals surface area contributed by atoms with Crippen molar-refractivity contribution in [3.05, 3.63) is 131 Å². The maximum atomic E-state index is 13.8. The maximum Gasteiger partial charge on any atom is 0.407 e. The predicted octanol–water partition coefficient (Wildman–Crippen LogP) is 5.85. The lowest BCUT2D eigenvalue weighted by atomic mass is 9.98. The van der Waals surface area contributed by atoms with Crippen molar-refractivity contribution in [3.8, 4) is 11.1 Å². The minimum atomic E-state index is -1.14. The minimum absolute atomic E-state index is 0.0129. The zero-order valence-corrected chi connectivity index (χ0v) is 28.6. The Bertz CT molecular complexity index is 1730. The molecule has 2 atom stereocenters. The third-order valence-corrected chi connectivity index (χ3v) is 8.28. The van der Waals surface area contributed by atoms with Crippen molar-refractivity contribution < 1.29 is 28.7 Å². The maximum absolute atomic E-state index is 13.8. The Balaban J connectivity index is 1.28. The highest BCUT2D eigenvalue weighted by molar-refractivity contribution is 5.91. The number of hydrogen-bond acceptors (Lipinski definition) is 6. The molecule has 0 unspecified atom stereocenters. The number of benzene rings is 4. The second kappa shape index (κ2) is 16.6. The average molecular weight is 677 g/mol. The van der Waals surface area contributed by atoms with Crippen LogP contribution in [0.3, 0.4) is 0 Å². The molecule has 4 aromatic carbocycles. The van der Waals surface area contributed by atoms with Gasteiger partial charge in [0.05, 0.1) is 0 Å². The summed E-state index contributed by atoms with van der Waals surface area (Å²) in [5, 5.41) is 11.1. The fourth-order valence-corrected chi connectivity index (χ4v) is 5.92. The summed E-state index contributed by atoms with van der Waals surface area (Å²) in [5.74, 6) is -1.14. The summed E-state index contributed by atoms with van der Waals surface area (Å²) in [4.78, 5) is 53.0. The van der Waals surface area contributed by atoms with Gasteiger partial charge in [-0.3, -0.25) is 9.59 Å². The minimum Gasteiger partial charge on any atom is -0.449 e. The van der Waals surface area contributed by atoms with Crippen LogP contribution in [-0.4, -0.2) is 54.8 Å². The fourth-order valence-electron chi connectivity index (χ4n) is 5.92. The van der Waals surface area contributed by atoms with Gasteiger partial charge in [0.2, 0.25) is 11.8 Å². The molecule has 4 N–H and O–H groups in total. The smallest absolute Gasteiger partial charge is 0.407 e. The second-order valence-electron chi connectivity index (χ2n) is 13.2. The van der Waals surface area contributed by atoms with Gasteiger partial charge in [-0.05, 0) is 60.6 Å². The Morgan fingerprint density at radius 2 is 1.20 bits per heavy atom. The number of hydrogen-bond donors (Lipinski definition) is 4. The molecule has 0 saturated carbocycles. The molecule has 0 saturated heterocycles. The number of nitrogens with one attached hydrogen (secondary N) is 4. The number of amides is 4. The summed E-state index contributed by atoms with van der Waals surface area (Å²) in [6.07, 6.45) is -1.21. The van der Waals surface area contributed by atoms with E-state index in [9.17, 15) is 19.2 Å². The average Bonchev–Trinajstić information content (AvgIpc) is 3.42. The summed E-state index contributed by atoms with van der Waals surface area (Å²) in [6, 6.07) is 32.7. The number of carbonyl (C=O) groups is 4. The molecule has 1 aliphatic carbocycles. The van der Waals surface area contributed by atoms with Crippen LogP contribution < -0.4 is 21.3 Å². The number of rotatable bonds is 13. The van der Waals surface area contributed by atoms with Gasteiger partial charge in [0.15, 0.2) is 0 Å². The van der Waals surface area contributed by atoms with Crippen molar-refractivity contribution in [2.45, 2.75) is 63.8 Å². The Kier molecular flexibility index (Phi) is 11.9. The van der Waals surface area contributed by atoms with Crippen molar-refractivity contribution in [3.63, 3.8) is 0 Å². The predicted molar refractivity (Wildman–Crippen MR) is 191 cm³/mol. The first-order chi connectivity index (χ1) is 24.1. The lowest BCUT2D eigenvalue weighted by Crippen LogP contribution is -2.55. The molecule has 0 radical (unpaired) electrons. The van der Waals surface area contributed by atoms with Gasteiger partial charge in [-0.2, -0.15) is 0 Å². The Labute approximate surface area is 293 Å². The summed E-state index contributed by atoms with van der Waals surface area (Å²) in [6.45, 7) is 5.59. The van der Waals surface area contributed by atoms with Crippen molar-refractivity contribution in [1.82, 2.24) is 21.3 Å². The van der Waals surface area contributed by atoms with E-state index in [0.29, 0.717) is 0 Å². The second-order valence-corrected chi connectivity index (χ2v) is 13.2. The lowest BCUT2D eigenvalue weighted by molar-refractivity contribution is -0.130. The molecule has 50 heavy (non-hydrogen) atoms. The van der Waals surface area contributed by atoms with E-state index in [1.165, 1.54) is 0 Å². The van der Waals surface area contributed by atoms with Crippen LogP contribution in [0.15, 0.2) is 109 Å². The van der Waals surface area contributed by atoms with Crippen LogP contribution in [0.5, 0.6) is 0 Å². The standard InChI is InChI=1S/C40H44N4O6/c1-40(2,3)50-38(47)41-23-22-34(44-39(48)49-26-33-31-20-12-10-18-29(31)30-19-11-13-21-32(30)33)37(46)43-35(24-27-14-6-4-7-15-27)36(45)42-25-28-16-8-5-9-17-28/h4-21,33-35H,22-26H2,1-3H3,(H,41,47)(H,42,45)(H,43,46)(H,44,48)/t34-,35+/m1/s1. The van der Waals surface area contributed by atoms with Gasteiger partial charge < -0.3 is 30.7 Å². The molecule has 0 heterocycles. The highest BCUT2D eigenvalue weighted by Gasteiger charge is 2.31. The third kappa shape index (κ3) is 9.95. The molecular weight excluding hydrogens is 632 g/mol. The molecule has 1 aliphatic rings. The van der Waals surface area contributed by atoms with Crippen molar-refractivity contribution in [1.29, 1.82) is 0 Å². The number of ether oxygens (including phenoxy) is 2. The highest BCUT2D eigenvalue weighted by Crippen LogP contribution is 2.44. The molecule has 4 aromatic rings. The van der Waals surface area contributed by atoms with Crippen molar-refractivity contribution in [2.24, 2.45) is 0 Å². The Hall–Kier alpha value is -5.64. The van der Waals surface area contributed by atoms with E-state index >= 15 is 0 Å². The topological polar surface area (TPSA) is 135 Å². The van der Waals surface area contributed by atoms with E-state index in [4.69, 9.17) is 9.47 Å². The van der Waals surface area contributed by atoms with Gasteiger partial charge in [0.1, 0.15) is 24.3 Å². The fraction of sp³-hybridized carbons (Fsp3) is 0.300. The molecule has 0 fully saturated rings. The normalized spacial score (nSPS) is 13.2. The summed E-state index contributed by atoms with van der Waals surface area (Å²) in [7, 11) is 0. The number of carbonyl (C=O) groups excluding carboxylic acids is 4. The van der Waals surface area contributed by atoms with Gasteiger partial charge in [0, 0.05) is 25.4 Å². The lowest BCUT2D eigenvalue weighted by Gasteiger charge is -2.24. The Morgan fingerprint density at radius 3 is 1.80 bits per heavy atom. The van der Waals surface area contributed by atoms with Gasteiger partial charge in [-0.15, -0.1) is 0 Å². The van der Waals surface area contributed by atoms with Crippen LogP contribution in [0.25, 0.3) is 11.1 Å². The van der Waals surface area contributed by atoms with E-state index in [-0.39, 0.29) is 44.4 Å². The van der Waals surface area contributed by atoms with E-state index < -0.39 is 35.8 Å². The van der Waals surface area contributed by atoms with E-state index in [1.54, 1.807) is 20.8 Å². The molecule has 0 aromatic heterocycles. The number of alkyl carbamates (subject to hydrolysis) is 2.